The molecule has 0 aliphatic heterocycles. The number of benzene rings is 1. The molecule has 0 saturated carbocycles. The number of aliphatic carboxylic acids is 1. The Morgan fingerprint density at radius 2 is 1.95 bits per heavy atom. The van der Waals surface area contributed by atoms with E-state index in [0.29, 0.717) is 12.2 Å². The van der Waals surface area contributed by atoms with Crippen molar-refractivity contribution in [3.8, 4) is 0 Å². The number of anilines is 1. The molecule has 1 atom stereocenters. The molecule has 5 heteroatoms. The minimum Gasteiger partial charge on any atom is -0.481 e. The lowest BCUT2D eigenvalue weighted by Gasteiger charge is -2.11. The number of carboxylic acids is 1. The third-order valence-electron chi connectivity index (χ3n) is 3.05. The average Bonchev–Trinajstić information content (AvgIpc) is 2.43. The Morgan fingerprint density at radius 1 is 1.29 bits per heavy atom. The molecule has 0 saturated heterocycles. The van der Waals surface area contributed by atoms with Crippen LogP contribution >= 0.6 is 0 Å². The van der Waals surface area contributed by atoms with Gasteiger partial charge in [0.2, 0.25) is 0 Å². The van der Waals surface area contributed by atoms with Gasteiger partial charge in [0.15, 0.2) is 0 Å². The Labute approximate surface area is 125 Å². The highest BCUT2D eigenvalue weighted by molar-refractivity contribution is 5.89. The molecule has 2 amide bonds. The van der Waals surface area contributed by atoms with E-state index in [1.807, 2.05) is 38.1 Å². The molecule has 21 heavy (non-hydrogen) atoms. The lowest BCUT2D eigenvalue weighted by Crippen LogP contribution is -2.29. The van der Waals surface area contributed by atoms with Gasteiger partial charge in [0.05, 0.1) is 6.42 Å². The van der Waals surface area contributed by atoms with Crippen molar-refractivity contribution in [3.63, 3.8) is 0 Å². The van der Waals surface area contributed by atoms with E-state index < -0.39 is 5.97 Å². The highest BCUT2D eigenvalue weighted by atomic mass is 16.4. The molecule has 0 aliphatic carbocycles. The third kappa shape index (κ3) is 6.61. The van der Waals surface area contributed by atoms with Crippen molar-refractivity contribution < 1.29 is 14.7 Å². The summed E-state index contributed by atoms with van der Waals surface area (Å²) in [6.07, 6.45) is 4.82. The quantitative estimate of drug-likeness (QED) is 0.532. The molecule has 3 N–H and O–H groups in total. The maximum atomic E-state index is 11.6. The van der Waals surface area contributed by atoms with Gasteiger partial charge in [-0.05, 0) is 37.0 Å². The summed E-state index contributed by atoms with van der Waals surface area (Å²) in [4.78, 5) is 22.3. The zero-order valence-corrected chi connectivity index (χ0v) is 12.4. The summed E-state index contributed by atoms with van der Waals surface area (Å²) in [5.74, 6) is -0.864. The van der Waals surface area contributed by atoms with Crippen LogP contribution in [0.1, 0.15) is 38.2 Å². The number of hydrogen-bond acceptors (Lipinski definition) is 2. The van der Waals surface area contributed by atoms with Gasteiger partial charge in [0, 0.05) is 12.2 Å². The zero-order valence-electron chi connectivity index (χ0n) is 12.4. The second-order valence-electron chi connectivity index (χ2n) is 4.86. The fourth-order valence-corrected chi connectivity index (χ4v) is 1.89. The fourth-order valence-electron chi connectivity index (χ4n) is 1.89. The first-order chi connectivity index (χ1) is 10.0. The topological polar surface area (TPSA) is 78.4 Å². The number of hydrogen-bond donors (Lipinski definition) is 3. The molecular formula is C16H22N2O3. The predicted molar refractivity (Wildman–Crippen MR) is 83.6 cm³/mol. The molecule has 1 aromatic carbocycles. The molecule has 0 fully saturated rings. The van der Waals surface area contributed by atoms with Crippen LogP contribution in [0.5, 0.6) is 0 Å². The zero-order chi connectivity index (χ0) is 15.7. The summed E-state index contributed by atoms with van der Waals surface area (Å²) >= 11 is 0. The fraction of sp³-hybridized carbons (Fsp3) is 0.375. The van der Waals surface area contributed by atoms with Crippen molar-refractivity contribution in [2.75, 3.05) is 11.9 Å². The minimum absolute atomic E-state index is 0.0498. The van der Waals surface area contributed by atoms with E-state index in [-0.39, 0.29) is 18.4 Å². The molecule has 1 unspecified atom stereocenters. The van der Waals surface area contributed by atoms with Gasteiger partial charge in [0.1, 0.15) is 0 Å². The standard InChI is InChI=1S/C16H22N2O3/c1-3-4-5-10-17-16(21)18-14-8-6-13(7-9-14)12(2)11-15(19)20/h3-4,6-9,12H,5,10-11H2,1-2H3,(H,19,20)(H2,17,18,21)/b4-3+. The van der Waals surface area contributed by atoms with E-state index >= 15 is 0 Å². The maximum absolute atomic E-state index is 11.6. The van der Waals surface area contributed by atoms with Gasteiger partial charge in [-0.25, -0.2) is 4.79 Å². The summed E-state index contributed by atoms with van der Waals surface area (Å²) in [7, 11) is 0. The van der Waals surface area contributed by atoms with Crippen LogP contribution in [0.2, 0.25) is 0 Å². The molecule has 5 nitrogen and oxygen atoms in total. The molecule has 1 rings (SSSR count). The minimum atomic E-state index is -0.815. The number of carbonyl (C=O) groups excluding carboxylic acids is 1. The number of rotatable bonds is 7. The first-order valence-corrected chi connectivity index (χ1v) is 7.00. The van der Waals surface area contributed by atoms with Crippen molar-refractivity contribution >= 4 is 17.7 Å². The SMILES string of the molecule is C/C=C/CCNC(=O)Nc1ccc(C(C)CC(=O)O)cc1. The molecule has 0 spiro atoms. The highest BCUT2D eigenvalue weighted by Gasteiger charge is 2.10. The van der Waals surface area contributed by atoms with Crippen LogP contribution in [-0.2, 0) is 4.79 Å². The van der Waals surface area contributed by atoms with Crippen LogP contribution in [0, 0.1) is 0 Å². The number of urea groups is 1. The van der Waals surface area contributed by atoms with E-state index in [1.165, 1.54) is 0 Å². The lowest BCUT2D eigenvalue weighted by molar-refractivity contribution is -0.137. The molecule has 1 aromatic rings. The molecule has 0 radical (unpaired) electrons. The molecule has 0 aromatic heterocycles. The summed E-state index contributed by atoms with van der Waals surface area (Å²) < 4.78 is 0. The van der Waals surface area contributed by atoms with Crippen LogP contribution in [0.3, 0.4) is 0 Å². The summed E-state index contributed by atoms with van der Waals surface area (Å²) in [6, 6.07) is 6.98. The number of carbonyl (C=O) groups is 2. The monoisotopic (exact) mass is 290 g/mol. The summed E-state index contributed by atoms with van der Waals surface area (Å²) in [5.41, 5.74) is 1.63. The van der Waals surface area contributed by atoms with E-state index in [0.717, 1.165) is 12.0 Å². The Balaban J connectivity index is 2.46. The van der Waals surface area contributed by atoms with Gasteiger partial charge in [0.25, 0.3) is 0 Å². The molecule has 0 heterocycles. The number of amides is 2. The normalized spacial score (nSPS) is 12.1. The largest absolute Gasteiger partial charge is 0.481 e. The molecule has 0 bridgehead atoms. The van der Waals surface area contributed by atoms with Crippen molar-refractivity contribution in [1.29, 1.82) is 0 Å². The van der Waals surface area contributed by atoms with Gasteiger partial charge >= 0.3 is 12.0 Å². The number of carboxylic acid groups (broad SMARTS) is 1. The Morgan fingerprint density at radius 3 is 2.52 bits per heavy atom. The van der Waals surface area contributed by atoms with Gasteiger partial charge < -0.3 is 15.7 Å². The van der Waals surface area contributed by atoms with Gasteiger partial charge in [-0.15, -0.1) is 0 Å². The Bertz CT molecular complexity index is 495. The molecular weight excluding hydrogens is 268 g/mol. The average molecular weight is 290 g/mol. The van der Waals surface area contributed by atoms with Crippen LogP contribution in [0.25, 0.3) is 0 Å². The van der Waals surface area contributed by atoms with E-state index in [1.54, 1.807) is 12.1 Å². The van der Waals surface area contributed by atoms with Crippen molar-refractivity contribution in [2.45, 2.75) is 32.6 Å². The summed E-state index contributed by atoms with van der Waals surface area (Å²) in [5, 5.41) is 14.3. The lowest BCUT2D eigenvalue weighted by atomic mass is 9.98. The van der Waals surface area contributed by atoms with Gasteiger partial charge in [-0.1, -0.05) is 31.2 Å². The first kappa shape index (κ1) is 16.8. The Hall–Kier alpha value is -2.30. The second kappa shape index (κ2) is 8.79. The second-order valence-corrected chi connectivity index (χ2v) is 4.86. The van der Waals surface area contributed by atoms with Crippen molar-refractivity contribution in [1.82, 2.24) is 5.32 Å². The van der Waals surface area contributed by atoms with E-state index in [9.17, 15) is 9.59 Å². The van der Waals surface area contributed by atoms with Crippen molar-refractivity contribution in [3.05, 3.63) is 42.0 Å². The van der Waals surface area contributed by atoms with Crippen molar-refractivity contribution in [2.24, 2.45) is 0 Å². The first-order valence-electron chi connectivity index (χ1n) is 7.00. The summed E-state index contributed by atoms with van der Waals surface area (Å²) in [6.45, 7) is 4.39. The van der Waals surface area contributed by atoms with Gasteiger partial charge in [-0.2, -0.15) is 0 Å². The number of allylic oxidation sites excluding steroid dienone is 1. The Kier molecular flexibility index (Phi) is 7.01. The molecule has 114 valence electrons. The maximum Gasteiger partial charge on any atom is 0.319 e. The van der Waals surface area contributed by atoms with Gasteiger partial charge in [-0.3, -0.25) is 4.79 Å². The van der Waals surface area contributed by atoms with E-state index in [4.69, 9.17) is 5.11 Å². The highest BCUT2D eigenvalue weighted by Crippen LogP contribution is 2.20. The van der Waals surface area contributed by atoms with E-state index in [2.05, 4.69) is 10.6 Å². The van der Waals surface area contributed by atoms with Crippen LogP contribution in [0.15, 0.2) is 36.4 Å². The van der Waals surface area contributed by atoms with Crippen LogP contribution in [0.4, 0.5) is 10.5 Å². The molecule has 0 aliphatic rings. The van der Waals surface area contributed by atoms with Crippen LogP contribution < -0.4 is 10.6 Å². The predicted octanol–water partition coefficient (Wildman–Crippen LogP) is 3.35. The van der Waals surface area contributed by atoms with Crippen LogP contribution in [-0.4, -0.2) is 23.7 Å². The smallest absolute Gasteiger partial charge is 0.319 e. The third-order valence-corrected chi connectivity index (χ3v) is 3.05. The number of nitrogens with one attached hydrogen (secondary N) is 2.